The van der Waals surface area contributed by atoms with E-state index in [0.29, 0.717) is 11.7 Å². The molecular formula is C17H21N3O. The molecule has 4 nitrogen and oxygen atoms in total. The number of pyridine rings is 1. The highest BCUT2D eigenvalue weighted by molar-refractivity contribution is 5.71. The van der Waals surface area contributed by atoms with Crippen LogP contribution in [-0.4, -0.2) is 10.6 Å². The van der Waals surface area contributed by atoms with Gasteiger partial charge in [-0.25, -0.2) is 0 Å². The predicted octanol–water partition coefficient (Wildman–Crippen LogP) is 1.98. The summed E-state index contributed by atoms with van der Waals surface area (Å²) in [5.74, 6) is 0. The van der Waals surface area contributed by atoms with E-state index in [0.717, 1.165) is 35.3 Å². The van der Waals surface area contributed by atoms with Gasteiger partial charge in [-0.3, -0.25) is 4.79 Å². The molecule has 0 bridgehead atoms. The zero-order valence-corrected chi connectivity index (χ0v) is 12.7. The second-order valence-electron chi connectivity index (χ2n) is 5.95. The fraction of sp³-hybridized carbons (Fsp3) is 0.353. The molecule has 0 spiro atoms. The number of nitrogens with zero attached hydrogens (tertiary/aromatic N) is 1. The highest BCUT2D eigenvalue weighted by atomic mass is 16.1. The summed E-state index contributed by atoms with van der Waals surface area (Å²) in [6, 6.07) is 8.15. The number of aromatic nitrogens is 1. The van der Waals surface area contributed by atoms with Gasteiger partial charge < -0.3 is 15.6 Å². The quantitative estimate of drug-likeness (QED) is 0.787. The minimum Gasteiger partial charge on any atom is -0.399 e. The Labute approximate surface area is 124 Å². The molecule has 1 atom stereocenters. The summed E-state index contributed by atoms with van der Waals surface area (Å²) in [6.07, 6.45) is 0.886. The van der Waals surface area contributed by atoms with Gasteiger partial charge in [-0.05, 0) is 48.7 Å². The molecule has 0 radical (unpaired) electrons. The number of nitrogens with two attached hydrogens (primary N) is 1. The van der Waals surface area contributed by atoms with Crippen molar-refractivity contribution in [1.82, 2.24) is 9.88 Å². The molecule has 1 aromatic carbocycles. The van der Waals surface area contributed by atoms with Crippen molar-refractivity contribution in [3.05, 3.63) is 51.4 Å². The largest absolute Gasteiger partial charge is 0.399 e. The monoisotopic (exact) mass is 283 g/mol. The van der Waals surface area contributed by atoms with Crippen LogP contribution < -0.4 is 16.6 Å². The van der Waals surface area contributed by atoms with Crippen LogP contribution in [0.3, 0.4) is 0 Å². The number of hydrogen-bond donors (Lipinski definition) is 2. The van der Waals surface area contributed by atoms with E-state index >= 15 is 0 Å². The van der Waals surface area contributed by atoms with E-state index in [-0.39, 0.29) is 5.56 Å². The number of hydrogen-bond acceptors (Lipinski definition) is 3. The summed E-state index contributed by atoms with van der Waals surface area (Å²) < 4.78 is 1.80. The normalized spacial score (nSPS) is 17.6. The number of nitrogens with one attached hydrogen (secondary N) is 1. The summed E-state index contributed by atoms with van der Waals surface area (Å²) in [5, 5.41) is 3.45. The van der Waals surface area contributed by atoms with Gasteiger partial charge in [0.05, 0.1) is 0 Å². The molecule has 4 heteroatoms. The van der Waals surface area contributed by atoms with E-state index in [1.807, 2.05) is 38.2 Å². The van der Waals surface area contributed by atoms with Gasteiger partial charge in [-0.2, -0.15) is 0 Å². The van der Waals surface area contributed by atoms with E-state index in [2.05, 4.69) is 12.2 Å². The SMILES string of the molecule is Cc1ccc(N)cc1-c1cc2c(n(C)c1=O)CC(C)NC2. The average Bonchev–Trinajstić information content (AvgIpc) is 2.46. The van der Waals surface area contributed by atoms with Crippen LogP contribution in [0.5, 0.6) is 0 Å². The van der Waals surface area contributed by atoms with Crippen molar-refractivity contribution in [2.75, 3.05) is 5.73 Å². The second-order valence-corrected chi connectivity index (χ2v) is 5.95. The second kappa shape index (κ2) is 5.04. The Balaban J connectivity index is 2.23. The van der Waals surface area contributed by atoms with Gasteiger partial charge in [-0.1, -0.05) is 6.07 Å². The van der Waals surface area contributed by atoms with Crippen LogP contribution in [0.15, 0.2) is 29.1 Å². The first-order valence-corrected chi connectivity index (χ1v) is 7.29. The molecule has 21 heavy (non-hydrogen) atoms. The highest BCUT2D eigenvalue weighted by Crippen LogP contribution is 2.26. The molecule has 2 heterocycles. The molecule has 1 aliphatic heterocycles. The molecule has 1 aromatic heterocycles. The maximum atomic E-state index is 12.7. The average molecular weight is 283 g/mol. The fourth-order valence-corrected chi connectivity index (χ4v) is 3.03. The van der Waals surface area contributed by atoms with E-state index in [4.69, 9.17) is 5.73 Å². The molecule has 0 fully saturated rings. The Kier molecular flexibility index (Phi) is 3.33. The molecule has 0 amide bonds. The Morgan fingerprint density at radius 3 is 2.81 bits per heavy atom. The van der Waals surface area contributed by atoms with Gasteiger partial charge in [0.25, 0.3) is 5.56 Å². The number of rotatable bonds is 1. The summed E-state index contributed by atoms with van der Waals surface area (Å²) in [7, 11) is 1.87. The lowest BCUT2D eigenvalue weighted by Gasteiger charge is -2.26. The Morgan fingerprint density at radius 1 is 1.29 bits per heavy atom. The molecule has 1 aliphatic rings. The number of fused-ring (bicyclic) bond motifs is 1. The summed E-state index contributed by atoms with van der Waals surface area (Å²) in [5.41, 5.74) is 11.7. The predicted molar refractivity (Wildman–Crippen MR) is 86.3 cm³/mol. The van der Waals surface area contributed by atoms with E-state index in [1.54, 1.807) is 4.57 Å². The molecule has 3 rings (SSSR count). The van der Waals surface area contributed by atoms with Crippen molar-refractivity contribution in [3.63, 3.8) is 0 Å². The maximum absolute atomic E-state index is 12.7. The Hall–Kier alpha value is -2.07. The van der Waals surface area contributed by atoms with Gasteiger partial charge >= 0.3 is 0 Å². The van der Waals surface area contributed by atoms with Crippen LogP contribution >= 0.6 is 0 Å². The molecular weight excluding hydrogens is 262 g/mol. The van der Waals surface area contributed by atoms with E-state index in [1.165, 1.54) is 5.56 Å². The van der Waals surface area contributed by atoms with Gasteiger partial charge in [0.2, 0.25) is 0 Å². The standard InChI is InChI=1S/C17H21N3O/c1-10-4-5-13(18)8-14(10)15-7-12-9-19-11(2)6-16(12)20(3)17(15)21/h4-5,7-8,11,19H,6,9,18H2,1-3H3. The number of nitrogen functional groups attached to an aromatic ring is 1. The minimum absolute atomic E-state index is 0.0524. The lowest BCUT2D eigenvalue weighted by Crippen LogP contribution is -2.37. The lowest BCUT2D eigenvalue weighted by atomic mass is 9.95. The molecule has 0 aliphatic carbocycles. The first-order valence-electron chi connectivity index (χ1n) is 7.29. The van der Waals surface area contributed by atoms with Crippen molar-refractivity contribution in [1.29, 1.82) is 0 Å². The highest BCUT2D eigenvalue weighted by Gasteiger charge is 2.20. The van der Waals surface area contributed by atoms with Crippen molar-refractivity contribution in [2.45, 2.75) is 32.9 Å². The van der Waals surface area contributed by atoms with Gasteiger partial charge in [0.15, 0.2) is 0 Å². The van der Waals surface area contributed by atoms with Crippen molar-refractivity contribution in [3.8, 4) is 11.1 Å². The summed E-state index contributed by atoms with van der Waals surface area (Å²) in [6.45, 7) is 4.95. The van der Waals surface area contributed by atoms with Crippen LogP contribution in [0.4, 0.5) is 5.69 Å². The van der Waals surface area contributed by atoms with Gasteiger partial charge in [0.1, 0.15) is 0 Å². The number of aryl methyl sites for hydroxylation is 1. The molecule has 2 aromatic rings. The van der Waals surface area contributed by atoms with Gasteiger partial charge in [0, 0.05) is 43.0 Å². The zero-order chi connectivity index (χ0) is 15.1. The van der Waals surface area contributed by atoms with Crippen LogP contribution in [0.2, 0.25) is 0 Å². The van der Waals surface area contributed by atoms with Crippen LogP contribution in [-0.2, 0) is 20.0 Å². The van der Waals surface area contributed by atoms with Crippen molar-refractivity contribution >= 4 is 5.69 Å². The Bertz CT molecular complexity index is 761. The zero-order valence-electron chi connectivity index (χ0n) is 12.7. The van der Waals surface area contributed by atoms with Crippen LogP contribution in [0.25, 0.3) is 11.1 Å². The number of benzene rings is 1. The molecule has 3 N–H and O–H groups in total. The van der Waals surface area contributed by atoms with E-state index < -0.39 is 0 Å². The first-order chi connectivity index (χ1) is 9.97. The van der Waals surface area contributed by atoms with Crippen molar-refractivity contribution < 1.29 is 0 Å². The first kappa shape index (κ1) is 13.9. The van der Waals surface area contributed by atoms with Crippen LogP contribution in [0, 0.1) is 6.92 Å². The van der Waals surface area contributed by atoms with E-state index in [9.17, 15) is 4.79 Å². The fourth-order valence-electron chi connectivity index (χ4n) is 3.03. The third kappa shape index (κ3) is 2.36. The van der Waals surface area contributed by atoms with Gasteiger partial charge in [-0.15, -0.1) is 0 Å². The lowest BCUT2D eigenvalue weighted by molar-refractivity contribution is 0.489. The minimum atomic E-state index is 0.0524. The summed E-state index contributed by atoms with van der Waals surface area (Å²) >= 11 is 0. The van der Waals surface area contributed by atoms with Crippen molar-refractivity contribution in [2.24, 2.45) is 7.05 Å². The third-order valence-corrected chi connectivity index (χ3v) is 4.32. The molecule has 0 saturated carbocycles. The topological polar surface area (TPSA) is 60.0 Å². The molecule has 0 saturated heterocycles. The molecule has 110 valence electrons. The number of anilines is 1. The summed E-state index contributed by atoms with van der Waals surface area (Å²) in [4.78, 5) is 12.7. The molecule has 1 unspecified atom stereocenters. The third-order valence-electron chi connectivity index (χ3n) is 4.32. The smallest absolute Gasteiger partial charge is 0.258 e. The van der Waals surface area contributed by atoms with Crippen LogP contribution in [0.1, 0.15) is 23.7 Å². The Morgan fingerprint density at radius 2 is 2.05 bits per heavy atom. The maximum Gasteiger partial charge on any atom is 0.258 e.